The summed E-state index contributed by atoms with van der Waals surface area (Å²) in [5, 5.41) is 0. The fourth-order valence-corrected chi connectivity index (χ4v) is 13.1. The summed E-state index contributed by atoms with van der Waals surface area (Å²) < 4.78 is 29.4. The summed E-state index contributed by atoms with van der Waals surface area (Å²) in [5.41, 5.74) is 18.8. The zero-order valence-electron chi connectivity index (χ0n) is 40.0. The van der Waals surface area contributed by atoms with Crippen LogP contribution in [0.5, 0.6) is 46.0 Å². The first-order valence-electron chi connectivity index (χ1n) is 25.5. The van der Waals surface area contributed by atoms with Crippen molar-refractivity contribution in [2.75, 3.05) is 9.80 Å². The second-order valence-corrected chi connectivity index (χ2v) is 19.8. The number of hydrogen-bond donors (Lipinski definition) is 0. The van der Waals surface area contributed by atoms with Gasteiger partial charge in [-0.3, -0.25) is 9.97 Å². The molecule has 0 bridgehead atoms. The minimum Gasteiger partial charge on any atom is -0.459 e. The molecule has 9 aromatic carbocycles. The number of fused-ring (bicyclic) bond motifs is 14. The highest BCUT2D eigenvalue weighted by Crippen LogP contribution is 2.52. The van der Waals surface area contributed by atoms with Gasteiger partial charge >= 0.3 is 0 Å². The van der Waals surface area contributed by atoms with Crippen LogP contribution in [-0.2, 0) is 0 Å². The van der Waals surface area contributed by atoms with E-state index in [1.165, 1.54) is 0 Å². The lowest BCUT2D eigenvalue weighted by molar-refractivity contribution is 0.466. The first-order chi connectivity index (χ1) is 37.2. The van der Waals surface area contributed by atoms with Gasteiger partial charge in [0.2, 0.25) is 0 Å². The highest BCUT2D eigenvalue weighted by Gasteiger charge is 2.53. The summed E-state index contributed by atoms with van der Waals surface area (Å²) in [6, 6.07) is 74.4. The average molecular weight is 958 g/mol. The van der Waals surface area contributed by atoms with Crippen molar-refractivity contribution in [2.45, 2.75) is 0 Å². The lowest BCUT2D eigenvalue weighted by atomic mass is 9.29. The number of hydrogen-bond acceptors (Lipinski definition) is 8. The van der Waals surface area contributed by atoms with E-state index in [9.17, 15) is 0 Å². The van der Waals surface area contributed by atoms with E-state index in [0.717, 1.165) is 152 Å². The third kappa shape index (κ3) is 5.64. The number of anilines is 6. The molecule has 17 rings (SSSR count). The van der Waals surface area contributed by atoms with Gasteiger partial charge in [-0.15, -0.1) is 0 Å². The Hall–Kier alpha value is -9.73. The molecule has 0 spiro atoms. The van der Waals surface area contributed by atoms with E-state index in [2.05, 4.69) is 198 Å². The van der Waals surface area contributed by atoms with Crippen LogP contribution in [0.1, 0.15) is 0 Å². The van der Waals surface area contributed by atoms with Gasteiger partial charge < -0.3 is 28.7 Å². The van der Waals surface area contributed by atoms with Crippen molar-refractivity contribution in [3.05, 3.63) is 225 Å². The quantitative estimate of drug-likeness (QED) is 0.162. The lowest BCUT2D eigenvalue weighted by Gasteiger charge is -2.47. The maximum Gasteiger partial charge on any atom is 0.261 e. The van der Waals surface area contributed by atoms with E-state index < -0.39 is 6.71 Å². The highest BCUT2D eigenvalue weighted by molar-refractivity contribution is 7.05. The molecule has 0 N–H and O–H groups in total. The van der Waals surface area contributed by atoms with Crippen LogP contribution in [0, 0.1) is 0 Å². The Morgan fingerprint density at radius 2 is 0.653 bits per heavy atom. The summed E-state index contributed by atoms with van der Waals surface area (Å²) in [4.78, 5) is 15.1. The van der Waals surface area contributed by atoms with Crippen molar-refractivity contribution in [2.24, 2.45) is 0 Å². The number of pyridine rings is 2. The third-order valence-electron chi connectivity index (χ3n) is 16.0. The molecule has 0 aliphatic carbocycles. The van der Waals surface area contributed by atoms with Crippen LogP contribution in [0.4, 0.5) is 34.1 Å². The molecule has 8 heterocycles. The fraction of sp³-hybridized carbons (Fsp3) is 0. The Morgan fingerprint density at radius 3 is 1.08 bits per heavy atom. The second kappa shape index (κ2) is 15.4. The Morgan fingerprint density at radius 1 is 0.280 bits per heavy atom. The van der Waals surface area contributed by atoms with E-state index >= 15 is 0 Å². The molecule has 75 heavy (non-hydrogen) atoms. The number of para-hydroxylation sites is 4. The van der Waals surface area contributed by atoms with E-state index in [1.54, 1.807) is 0 Å². The first kappa shape index (κ1) is 40.8. The molecule has 0 fully saturated rings. The number of nitrogens with zero attached hydrogens (tertiary/aromatic N) is 4. The third-order valence-corrected chi connectivity index (χ3v) is 16.0. The minimum absolute atomic E-state index is 0.166. The van der Waals surface area contributed by atoms with Crippen molar-refractivity contribution >= 4 is 103 Å². The molecular formula is C64H37B3N4O4. The van der Waals surface area contributed by atoms with Crippen LogP contribution < -0.4 is 77.9 Å². The van der Waals surface area contributed by atoms with Crippen LogP contribution >= 0.6 is 0 Å². The molecule has 6 aliphatic heterocycles. The molecule has 0 saturated heterocycles. The minimum atomic E-state index is -0.450. The van der Waals surface area contributed by atoms with Gasteiger partial charge in [0.25, 0.3) is 20.1 Å². The van der Waals surface area contributed by atoms with E-state index in [0.29, 0.717) is 0 Å². The number of aromatic nitrogens is 2. The van der Waals surface area contributed by atoms with E-state index in [1.807, 2.05) is 36.7 Å². The van der Waals surface area contributed by atoms with Crippen molar-refractivity contribution in [1.29, 1.82) is 0 Å². The van der Waals surface area contributed by atoms with Crippen molar-refractivity contribution < 1.29 is 18.9 Å². The molecule has 11 heteroatoms. The molecule has 8 nitrogen and oxygen atoms in total. The molecule has 0 amide bonds. The summed E-state index contributed by atoms with van der Waals surface area (Å²) >= 11 is 0. The summed E-state index contributed by atoms with van der Waals surface area (Å²) in [7, 11) is 0. The van der Waals surface area contributed by atoms with Crippen molar-refractivity contribution in [1.82, 2.24) is 9.97 Å². The Kier molecular flexibility index (Phi) is 8.38. The smallest absolute Gasteiger partial charge is 0.261 e. The average Bonchev–Trinajstić information content (AvgIpc) is 3.49. The first-order valence-corrected chi connectivity index (χ1v) is 25.5. The summed E-state index contributed by atoms with van der Waals surface area (Å²) in [6.07, 6.45) is 3.76. The number of rotatable bonds is 4. The number of benzene rings is 9. The standard InChI is InChI=1S/C64H37B3N4O4/c1-3-18-38(19-4-1)61-46(28-16-34-68-61)70-44-26-15-27-45-56(44)67(57-48(70)36-54-59-63(57)74-52-32-13-9-24-42(52)65(59)40-22-7-11-30-50(40)72-54)58-49(71(45)47-29-17-35-69-62(47)39-20-5-2-6-21-39)37-55-60-64(58)75-53-33-14-10-25-43(53)66(60)41-23-8-12-31-51(41)73-55/h1-37H. The molecule has 0 radical (unpaired) electrons. The maximum absolute atomic E-state index is 7.56. The maximum atomic E-state index is 7.56. The monoisotopic (exact) mass is 958 g/mol. The van der Waals surface area contributed by atoms with E-state index in [4.69, 9.17) is 28.9 Å². The molecule has 11 aromatic rings. The van der Waals surface area contributed by atoms with Gasteiger partial charge in [0.15, 0.2) is 0 Å². The molecule has 0 atom stereocenters. The highest BCUT2D eigenvalue weighted by atomic mass is 16.5. The van der Waals surface area contributed by atoms with Crippen LogP contribution in [0.2, 0.25) is 0 Å². The Balaban J connectivity index is 1.04. The van der Waals surface area contributed by atoms with E-state index in [-0.39, 0.29) is 13.4 Å². The van der Waals surface area contributed by atoms with Crippen LogP contribution in [0.25, 0.3) is 22.5 Å². The van der Waals surface area contributed by atoms with Gasteiger partial charge in [-0.25, -0.2) is 0 Å². The SMILES string of the molecule is c1ccc(-c2ncccc2N2c3cccc4c3B(c3c2cc2c5c3Oc3ccccc3B5c3ccccc3O2)c2c(cc3c5c2Oc2ccccc2B5c2ccccc2O3)N4c2cccnc2-c2ccccc2)cc1. The largest absolute Gasteiger partial charge is 0.459 e. The normalized spacial score (nSPS) is 13.9. The fourth-order valence-electron chi connectivity index (χ4n) is 13.1. The van der Waals surface area contributed by atoms with Gasteiger partial charge in [-0.2, -0.15) is 0 Å². The predicted molar refractivity (Wildman–Crippen MR) is 302 cm³/mol. The van der Waals surface area contributed by atoms with Gasteiger partial charge in [-0.05, 0) is 98.9 Å². The molecule has 346 valence electrons. The van der Waals surface area contributed by atoms with Crippen molar-refractivity contribution in [3.63, 3.8) is 0 Å². The number of ether oxygens (including phenoxy) is 4. The van der Waals surface area contributed by atoms with Crippen LogP contribution in [0.3, 0.4) is 0 Å². The topological polar surface area (TPSA) is 69.2 Å². The predicted octanol–water partition coefficient (Wildman–Crippen LogP) is 9.35. The van der Waals surface area contributed by atoms with Crippen molar-refractivity contribution in [3.8, 4) is 68.5 Å². The Bertz CT molecular complexity index is 3980. The van der Waals surface area contributed by atoms with Crippen LogP contribution in [0.15, 0.2) is 225 Å². The zero-order chi connectivity index (χ0) is 48.9. The Labute approximate surface area is 433 Å². The molecule has 6 aliphatic rings. The molecule has 0 saturated carbocycles. The molecular weight excluding hydrogens is 921 g/mol. The van der Waals surface area contributed by atoms with Gasteiger partial charge in [0.05, 0.1) is 22.8 Å². The second-order valence-electron chi connectivity index (χ2n) is 19.8. The molecule has 2 aromatic heterocycles. The lowest BCUT2D eigenvalue weighted by Crippen LogP contribution is -2.66. The van der Waals surface area contributed by atoms with Gasteiger partial charge in [0, 0.05) is 69.3 Å². The van der Waals surface area contributed by atoms with Crippen LogP contribution in [-0.4, -0.2) is 30.1 Å². The summed E-state index contributed by atoms with van der Waals surface area (Å²) in [5.74, 6) is 6.31. The van der Waals surface area contributed by atoms with Gasteiger partial charge in [0.1, 0.15) is 46.0 Å². The van der Waals surface area contributed by atoms with Gasteiger partial charge in [-0.1, -0.05) is 140 Å². The summed E-state index contributed by atoms with van der Waals surface area (Å²) in [6.45, 7) is -0.781. The zero-order valence-corrected chi connectivity index (χ0v) is 40.0. The molecule has 0 unspecified atom stereocenters.